The van der Waals surface area contributed by atoms with E-state index >= 15 is 0 Å². The van der Waals surface area contributed by atoms with Gasteiger partial charge in [0.25, 0.3) is 0 Å². The minimum atomic E-state index is 0.707. The monoisotopic (exact) mass is 717 g/mol. The van der Waals surface area contributed by atoms with Gasteiger partial charge in [-0.1, -0.05) is 164 Å². The number of nitrogens with zero attached hydrogens (tertiary/aromatic N) is 3. The summed E-state index contributed by atoms with van der Waals surface area (Å²) in [5.74, 6) is 0.707. The zero-order valence-corrected chi connectivity index (χ0v) is 30.5. The van der Waals surface area contributed by atoms with E-state index in [1.165, 1.54) is 52.7 Å². The van der Waals surface area contributed by atoms with Crippen LogP contribution in [0.4, 0.5) is 0 Å². The Bertz CT molecular complexity index is 3180. The molecular formula is C51H31N3S. The molecule has 0 N–H and O–H groups in total. The first kappa shape index (κ1) is 31.5. The number of thiophene rings is 1. The van der Waals surface area contributed by atoms with Crippen molar-refractivity contribution in [2.75, 3.05) is 0 Å². The molecule has 8 aromatic carbocycles. The van der Waals surface area contributed by atoms with Crippen LogP contribution in [0.1, 0.15) is 0 Å². The number of rotatable bonds is 5. The minimum absolute atomic E-state index is 0.707. The Balaban J connectivity index is 1.08. The molecule has 0 amide bonds. The summed E-state index contributed by atoms with van der Waals surface area (Å²) < 4.78 is 2.52. The third-order valence-electron chi connectivity index (χ3n) is 10.7. The van der Waals surface area contributed by atoms with Crippen LogP contribution in [0.2, 0.25) is 0 Å². The van der Waals surface area contributed by atoms with E-state index < -0.39 is 0 Å². The second-order valence-corrected chi connectivity index (χ2v) is 15.0. The van der Waals surface area contributed by atoms with Crippen LogP contribution >= 0.6 is 11.3 Å². The van der Waals surface area contributed by atoms with Crippen LogP contribution in [0.3, 0.4) is 0 Å². The fourth-order valence-corrected chi connectivity index (χ4v) is 9.24. The Morgan fingerprint density at radius 1 is 0.364 bits per heavy atom. The molecule has 256 valence electrons. The van der Waals surface area contributed by atoms with Gasteiger partial charge in [-0.15, -0.1) is 11.3 Å². The summed E-state index contributed by atoms with van der Waals surface area (Å²) in [5, 5.41) is 8.62. The highest BCUT2D eigenvalue weighted by atomic mass is 32.1. The summed E-state index contributed by atoms with van der Waals surface area (Å²) in [4.78, 5) is 15.6. The number of hydrogen-bond donors (Lipinski definition) is 0. The van der Waals surface area contributed by atoms with Crippen LogP contribution in [0, 0.1) is 0 Å². The van der Waals surface area contributed by atoms with Gasteiger partial charge < -0.3 is 0 Å². The molecule has 3 aromatic heterocycles. The van der Waals surface area contributed by atoms with Gasteiger partial charge in [0.15, 0.2) is 5.82 Å². The molecule has 0 radical (unpaired) electrons. The Morgan fingerprint density at radius 2 is 0.945 bits per heavy atom. The molecule has 0 saturated heterocycles. The maximum Gasteiger partial charge on any atom is 0.160 e. The van der Waals surface area contributed by atoms with E-state index in [9.17, 15) is 0 Å². The Labute approximate surface area is 321 Å². The van der Waals surface area contributed by atoms with Crippen molar-refractivity contribution in [3.05, 3.63) is 188 Å². The number of benzene rings is 8. The molecule has 4 heteroatoms. The van der Waals surface area contributed by atoms with Gasteiger partial charge in [0, 0.05) is 47.8 Å². The molecule has 0 aliphatic rings. The predicted octanol–water partition coefficient (Wildman–Crippen LogP) is 14.0. The van der Waals surface area contributed by atoms with Gasteiger partial charge in [0.05, 0.1) is 22.6 Å². The summed E-state index contributed by atoms with van der Waals surface area (Å²) in [6, 6.07) is 66.6. The standard InChI is InChI=1S/C51H31N3S/c1-3-13-32(14-4-1)44-31-45(54-51(53-44)35-15-5-2-6-16-35)33-23-25-34(26-24-33)49-48-42-21-11-12-22-47(42)55-50(48)41-28-27-37(30-46(41)52-49)43-29-36-17-7-8-18-38(36)39-19-9-10-20-40(39)43/h1-31H. The lowest BCUT2D eigenvalue weighted by Gasteiger charge is -2.13. The number of pyridine rings is 1. The first-order chi connectivity index (χ1) is 27.2. The SMILES string of the molecule is c1ccc(-c2cc(-c3ccc(-c4nc5cc(-c6cc7ccccc7c7ccccc67)ccc5c5sc6ccccc6c45)cc3)nc(-c3ccccc3)n2)cc1. The maximum absolute atomic E-state index is 5.52. The van der Waals surface area contributed by atoms with Crippen LogP contribution < -0.4 is 0 Å². The van der Waals surface area contributed by atoms with Gasteiger partial charge in [0.2, 0.25) is 0 Å². The molecule has 0 atom stereocenters. The molecule has 0 fully saturated rings. The molecular weight excluding hydrogens is 687 g/mol. The summed E-state index contributed by atoms with van der Waals surface area (Å²) in [6.45, 7) is 0. The van der Waals surface area contributed by atoms with Crippen LogP contribution in [0.15, 0.2) is 188 Å². The van der Waals surface area contributed by atoms with Crippen LogP contribution in [0.25, 0.3) is 109 Å². The van der Waals surface area contributed by atoms with E-state index in [1.807, 2.05) is 47.7 Å². The quantitative estimate of drug-likeness (QED) is 0.166. The zero-order chi connectivity index (χ0) is 36.3. The van der Waals surface area contributed by atoms with E-state index in [0.29, 0.717) is 5.82 Å². The van der Waals surface area contributed by atoms with Gasteiger partial charge in [-0.05, 0) is 56.9 Å². The van der Waals surface area contributed by atoms with Crippen molar-refractivity contribution in [2.45, 2.75) is 0 Å². The highest BCUT2D eigenvalue weighted by Gasteiger charge is 2.18. The lowest BCUT2D eigenvalue weighted by molar-refractivity contribution is 1.18. The summed E-state index contributed by atoms with van der Waals surface area (Å²) in [5.41, 5.74) is 10.3. The Kier molecular flexibility index (Phi) is 7.35. The van der Waals surface area contributed by atoms with Crippen molar-refractivity contribution in [3.8, 4) is 56.3 Å². The molecule has 3 heterocycles. The fourth-order valence-electron chi connectivity index (χ4n) is 8.00. The summed E-state index contributed by atoms with van der Waals surface area (Å²) in [6.07, 6.45) is 0. The van der Waals surface area contributed by atoms with E-state index in [2.05, 4.69) is 152 Å². The van der Waals surface area contributed by atoms with Crippen molar-refractivity contribution >= 4 is 64.0 Å². The van der Waals surface area contributed by atoms with Crippen LogP contribution in [-0.2, 0) is 0 Å². The number of aromatic nitrogens is 3. The van der Waals surface area contributed by atoms with Crippen molar-refractivity contribution in [1.29, 1.82) is 0 Å². The normalized spacial score (nSPS) is 11.6. The third kappa shape index (κ3) is 5.38. The lowest BCUT2D eigenvalue weighted by atomic mass is 9.92. The average molecular weight is 718 g/mol. The molecule has 11 aromatic rings. The first-order valence-electron chi connectivity index (χ1n) is 18.5. The zero-order valence-electron chi connectivity index (χ0n) is 29.6. The second kappa shape index (κ2) is 12.8. The minimum Gasteiger partial charge on any atom is -0.247 e. The van der Waals surface area contributed by atoms with Gasteiger partial charge in [0.1, 0.15) is 0 Å². The molecule has 11 rings (SSSR count). The Hall–Kier alpha value is -7.01. The van der Waals surface area contributed by atoms with Crippen LogP contribution in [-0.4, -0.2) is 15.0 Å². The van der Waals surface area contributed by atoms with Crippen LogP contribution in [0.5, 0.6) is 0 Å². The molecule has 0 unspecified atom stereocenters. The van der Waals surface area contributed by atoms with Gasteiger partial charge >= 0.3 is 0 Å². The molecule has 0 bridgehead atoms. The Morgan fingerprint density at radius 3 is 1.71 bits per heavy atom. The largest absolute Gasteiger partial charge is 0.247 e. The van der Waals surface area contributed by atoms with Crippen molar-refractivity contribution in [3.63, 3.8) is 0 Å². The highest BCUT2D eigenvalue weighted by Crippen LogP contribution is 2.44. The van der Waals surface area contributed by atoms with Gasteiger partial charge in [-0.3, -0.25) is 0 Å². The van der Waals surface area contributed by atoms with E-state index in [1.54, 1.807) is 0 Å². The number of fused-ring (bicyclic) bond motifs is 8. The van der Waals surface area contributed by atoms with Crippen molar-refractivity contribution in [1.82, 2.24) is 15.0 Å². The highest BCUT2D eigenvalue weighted by molar-refractivity contribution is 7.26. The fraction of sp³-hybridized carbons (Fsp3) is 0. The molecule has 0 aliphatic carbocycles. The average Bonchev–Trinajstić information content (AvgIpc) is 3.66. The molecule has 0 spiro atoms. The van der Waals surface area contributed by atoms with E-state index in [0.717, 1.165) is 50.4 Å². The first-order valence-corrected chi connectivity index (χ1v) is 19.3. The van der Waals surface area contributed by atoms with E-state index in [-0.39, 0.29) is 0 Å². The molecule has 0 saturated carbocycles. The molecule has 55 heavy (non-hydrogen) atoms. The predicted molar refractivity (Wildman–Crippen MR) is 232 cm³/mol. The van der Waals surface area contributed by atoms with E-state index in [4.69, 9.17) is 15.0 Å². The lowest BCUT2D eigenvalue weighted by Crippen LogP contribution is -1.96. The van der Waals surface area contributed by atoms with Gasteiger partial charge in [-0.2, -0.15) is 0 Å². The smallest absolute Gasteiger partial charge is 0.160 e. The second-order valence-electron chi connectivity index (χ2n) is 14.0. The number of hydrogen-bond acceptors (Lipinski definition) is 4. The van der Waals surface area contributed by atoms with Crippen molar-refractivity contribution < 1.29 is 0 Å². The summed E-state index contributed by atoms with van der Waals surface area (Å²) in [7, 11) is 0. The third-order valence-corrected chi connectivity index (χ3v) is 11.9. The summed E-state index contributed by atoms with van der Waals surface area (Å²) >= 11 is 1.85. The maximum atomic E-state index is 5.52. The molecule has 3 nitrogen and oxygen atoms in total. The molecule has 0 aliphatic heterocycles. The van der Waals surface area contributed by atoms with Gasteiger partial charge in [-0.25, -0.2) is 15.0 Å². The van der Waals surface area contributed by atoms with Crippen molar-refractivity contribution in [2.24, 2.45) is 0 Å². The topological polar surface area (TPSA) is 38.7 Å².